The van der Waals surface area contributed by atoms with Gasteiger partial charge in [0.15, 0.2) is 5.60 Å². The van der Waals surface area contributed by atoms with Crippen LogP contribution >= 0.6 is 11.6 Å². The molecular weight excluding hydrogens is 944 g/mol. The SMILES string of the molecule is C.C=C[Si](C)(C)OCC.CC[C@@]1(C)C(=O)OCc2c1cc1n(c2=O)Cc2c-1nc1ccc(C)cc1c2Cl.CC[C@@]1(O)C(=O)OCc2c1cc1n(c2=O)Cc2c-1nc1ccc(O)cc1c2/C=C/[Si](C)(C)O. The van der Waals surface area contributed by atoms with Gasteiger partial charge in [0.1, 0.15) is 19.0 Å². The Morgan fingerprint density at radius 2 is 1.36 bits per heavy atom. The molecule has 70 heavy (non-hydrogen) atoms. The third-order valence-corrected chi connectivity index (χ3v) is 17.0. The molecule has 2 aromatic carbocycles. The fraction of sp³-hybridized carbons (Fsp3) is 0.358. The van der Waals surface area contributed by atoms with Gasteiger partial charge in [-0.15, -0.1) is 6.58 Å². The highest BCUT2D eigenvalue weighted by Crippen LogP contribution is 2.44. The molecule has 0 unspecified atom stereocenters. The Bertz CT molecular complexity index is 3320. The van der Waals surface area contributed by atoms with E-state index >= 15 is 0 Å². The number of esters is 2. The van der Waals surface area contributed by atoms with Crippen molar-refractivity contribution < 1.29 is 38.5 Å². The first-order chi connectivity index (χ1) is 32.5. The zero-order valence-corrected chi connectivity index (χ0v) is 43.1. The maximum Gasteiger partial charge on any atom is 0.343 e. The number of phenols is 1. The molecule has 0 saturated carbocycles. The Kier molecular flexibility index (Phi) is 14.0. The molecule has 14 nitrogen and oxygen atoms in total. The topological polar surface area (TPSA) is 192 Å². The number of rotatable bonds is 7. The van der Waals surface area contributed by atoms with Gasteiger partial charge in [-0.3, -0.25) is 14.4 Å². The van der Waals surface area contributed by atoms with E-state index in [0.717, 1.165) is 56.7 Å². The lowest BCUT2D eigenvalue weighted by atomic mass is 9.76. The number of aryl methyl sites for hydroxylation is 1. The van der Waals surface area contributed by atoms with Crippen molar-refractivity contribution in [1.82, 2.24) is 19.1 Å². The van der Waals surface area contributed by atoms with Gasteiger partial charge in [0.05, 0.1) is 68.5 Å². The van der Waals surface area contributed by atoms with Crippen molar-refractivity contribution in [2.45, 2.75) is 118 Å². The molecule has 0 aliphatic carbocycles. The van der Waals surface area contributed by atoms with Crippen molar-refractivity contribution in [3.05, 3.63) is 137 Å². The van der Waals surface area contributed by atoms with E-state index in [1.165, 1.54) is 0 Å². The summed E-state index contributed by atoms with van der Waals surface area (Å²) in [6, 6.07) is 14.4. The molecule has 368 valence electrons. The number of carbonyl (C=O) groups excluding carboxylic acids is 2. The number of fused-ring (bicyclic) bond motifs is 10. The lowest BCUT2D eigenvalue weighted by molar-refractivity contribution is -0.172. The Hall–Kier alpha value is -6.02. The molecule has 0 amide bonds. The van der Waals surface area contributed by atoms with Crippen LogP contribution in [-0.4, -0.2) is 69.3 Å². The van der Waals surface area contributed by atoms with Gasteiger partial charge >= 0.3 is 11.9 Å². The highest BCUT2D eigenvalue weighted by Gasteiger charge is 2.46. The Labute approximate surface area is 414 Å². The molecule has 17 heteroatoms. The van der Waals surface area contributed by atoms with E-state index in [1.54, 1.807) is 59.1 Å². The summed E-state index contributed by atoms with van der Waals surface area (Å²) in [6.07, 6.45) is 2.46. The number of benzene rings is 2. The molecule has 10 rings (SSSR count). The van der Waals surface area contributed by atoms with Gasteiger partial charge in [-0.2, -0.15) is 0 Å². The fourth-order valence-corrected chi connectivity index (χ4v) is 11.1. The summed E-state index contributed by atoms with van der Waals surface area (Å²) in [5, 5.41) is 23.3. The molecule has 0 radical (unpaired) electrons. The molecule has 2 atom stereocenters. The van der Waals surface area contributed by atoms with E-state index in [4.69, 9.17) is 35.5 Å². The van der Waals surface area contributed by atoms with Gasteiger partial charge in [-0.1, -0.05) is 62.0 Å². The molecule has 4 aliphatic rings. The monoisotopic (exact) mass is 1000 g/mol. The standard InChI is InChI=1S/C24H24N2O6Si.C22H19ClN2O3.C6H14OSi.CH4/c1-4-24(30)18-10-20-21-16(11-26(20)22(28)17(18)12-32-23(24)29)14(7-8-33(2,3)31)15-9-13(27)5-6-19(15)25-21;1-4-22(3)15-8-17-19-13(9-25(17)20(26)14(15)10-28-21(22)27)18(23)12-7-11(2)5-6-16(12)24-19;1-5-7-8(3,4)6-2;/h5-10,27,30-31H,4,11-12H2,1-3H3;5-8H,4,9-10H2,1-3H3;6H,2,5H2,1,3-4H3;1H4/b8-7+;;;/t24-;22-;;/m01../s1. The van der Waals surface area contributed by atoms with E-state index in [-0.39, 0.29) is 67.6 Å². The van der Waals surface area contributed by atoms with Crippen LogP contribution in [0.3, 0.4) is 0 Å². The summed E-state index contributed by atoms with van der Waals surface area (Å²) in [5.74, 6) is -0.961. The van der Waals surface area contributed by atoms with Crippen molar-refractivity contribution in [3.8, 4) is 28.5 Å². The summed E-state index contributed by atoms with van der Waals surface area (Å²) < 4.78 is 19.1. The first-order valence-electron chi connectivity index (χ1n) is 23.1. The number of aliphatic hydroxyl groups is 1. The fourth-order valence-electron chi connectivity index (χ4n) is 9.31. The molecule has 3 N–H and O–H groups in total. The molecule has 0 spiro atoms. The number of carbonyl (C=O) groups is 2. The number of hydrogen-bond acceptors (Lipinski definition) is 12. The number of aromatic nitrogens is 4. The first kappa shape index (κ1) is 51.8. The minimum absolute atomic E-state index is 0. The molecule has 6 aromatic rings. The Morgan fingerprint density at radius 3 is 1.93 bits per heavy atom. The normalized spacial score (nSPS) is 18.5. The Balaban J connectivity index is 0.000000178. The third-order valence-electron chi connectivity index (χ3n) is 13.6. The summed E-state index contributed by atoms with van der Waals surface area (Å²) in [6.45, 7) is 22.2. The minimum Gasteiger partial charge on any atom is -0.508 e. The van der Waals surface area contributed by atoms with Gasteiger partial charge in [0.25, 0.3) is 11.1 Å². The quantitative estimate of drug-likeness (QED) is 0.101. The van der Waals surface area contributed by atoms with Gasteiger partial charge < -0.3 is 38.0 Å². The summed E-state index contributed by atoms with van der Waals surface area (Å²) in [4.78, 5) is 71.4. The van der Waals surface area contributed by atoms with Gasteiger partial charge in [0, 0.05) is 34.1 Å². The first-order valence-corrected chi connectivity index (χ1v) is 29.4. The van der Waals surface area contributed by atoms with Crippen LogP contribution < -0.4 is 11.1 Å². The van der Waals surface area contributed by atoms with E-state index in [0.29, 0.717) is 45.8 Å². The average Bonchev–Trinajstić information content (AvgIpc) is 3.87. The number of nitrogens with zero attached hydrogens (tertiary/aromatic N) is 4. The third kappa shape index (κ3) is 8.89. The van der Waals surface area contributed by atoms with Crippen LogP contribution in [0.15, 0.2) is 76.1 Å². The van der Waals surface area contributed by atoms with Crippen LogP contribution in [0.5, 0.6) is 5.75 Å². The number of hydrogen-bond donors (Lipinski definition) is 3. The van der Waals surface area contributed by atoms with E-state index in [2.05, 4.69) is 19.7 Å². The van der Waals surface area contributed by atoms with E-state index in [1.807, 2.05) is 63.7 Å². The lowest BCUT2D eigenvalue weighted by Crippen LogP contribution is -2.44. The zero-order valence-electron chi connectivity index (χ0n) is 40.4. The lowest BCUT2D eigenvalue weighted by Gasteiger charge is -2.33. The number of cyclic esters (lactones) is 2. The molecule has 0 saturated heterocycles. The van der Waals surface area contributed by atoms with Crippen LogP contribution in [0, 0.1) is 6.92 Å². The minimum atomic E-state index is -2.54. The van der Waals surface area contributed by atoms with Crippen molar-refractivity contribution >= 4 is 68.1 Å². The average molecular weight is 1010 g/mol. The second-order valence-electron chi connectivity index (χ2n) is 19.2. The predicted molar refractivity (Wildman–Crippen MR) is 279 cm³/mol. The maximum absolute atomic E-state index is 13.4. The Morgan fingerprint density at radius 1 is 0.800 bits per heavy atom. The molecule has 4 aliphatic heterocycles. The summed E-state index contributed by atoms with van der Waals surface area (Å²) in [7, 11) is -3.95. The van der Waals surface area contributed by atoms with Crippen LogP contribution in [0.2, 0.25) is 31.2 Å². The van der Waals surface area contributed by atoms with Crippen molar-refractivity contribution in [2.24, 2.45) is 0 Å². The van der Waals surface area contributed by atoms with Crippen molar-refractivity contribution in [1.29, 1.82) is 0 Å². The zero-order chi connectivity index (χ0) is 50.1. The number of phenolic OH excluding ortho intramolecular Hbond substituents is 1. The van der Waals surface area contributed by atoms with Crippen molar-refractivity contribution in [2.75, 3.05) is 6.61 Å². The molecular formula is C53H61ClN4O10Si2. The number of ether oxygens (including phenoxy) is 2. The second kappa shape index (κ2) is 19.0. The number of aromatic hydroxyl groups is 1. The predicted octanol–water partition coefficient (Wildman–Crippen LogP) is 9.24. The van der Waals surface area contributed by atoms with Gasteiger partial charge in [-0.25, -0.2) is 14.8 Å². The maximum atomic E-state index is 13.4. The number of halogens is 1. The summed E-state index contributed by atoms with van der Waals surface area (Å²) >= 11 is 6.73. The van der Waals surface area contributed by atoms with Crippen LogP contribution in [0.25, 0.3) is 50.7 Å². The second-order valence-corrected chi connectivity index (χ2v) is 27.2. The van der Waals surface area contributed by atoms with Crippen LogP contribution in [-0.2, 0) is 60.8 Å². The largest absolute Gasteiger partial charge is 0.508 e. The summed E-state index contributed by atoms with van der Waals surface area (Å²) in [5.41, 5.74) is 9.80. The van der Waals surface area contributed by atoms with Gasteiger partial charge in [0.2, 0.25) is 16.6 Å². The van der Waals surface area contributed by atoms with Gasteiger partial charge in [-0.05, 0) is 113 Å². The molecule has 0 fully saturated rings. The number of pyridine rings is 4. The molecule has 8 heterocycles. The molecule has 0 bridgehead atoms. The highest BCUT2D eigenvalue weighted by molar-refractivity contribution is 6.76. The van der Waals surface area contributed by atoms with Crippen LogP contribution in [0.4, 0.5) is 0 Å². The van der Waals surface area contributed by atoms with E-state index < -0.39 is 33.6 Å². The van der Waals surface area contributed by atoms with E-state index in [9.17, 15) is 34.2 Å². The smallest absolute Gasteiger partial charge is 0.343 e. The van der Waals surface area contributed by atoms with Crippen molar-refractivity contribution in [3.63, 3.8) is 0 Å². The van der Waals surface area contributed by atoms with Crippen LogP contribution in [0.1, 0.15) is 92.5 Å². The highest BCUT2D eigenvalue weighted by atomic mass is 35.5. The molecule has 4 aromatic heterocycles.